The Bertz CT molecular complexity index is 946. The summed E-state index contributed by atoms with van der Waals surface area (Å²) in [5.74, 6) is -0.329. The Morgan fingerprint density at radius 2 is 1.92 bits per heavy atom. The summed E-state index contributed by atoms with van der Waals surface area (Å²) in [5.41, 5.74) is 3.10. The second-order valence-corrected chi connectivity index (χ2v) is 7.30. The normalized spacial score (nSPS) is 17.2. The lowest BCUT2D eigenvalue weighted by molar-refractivity contribution is -0.127. The summed E-state index contributed by atoms with van der Waals surface area (Å²) >= 11 is 1.73. The SMILES string of the molecule is CN1CC(C(=O)Nc2ccc(-c3csc4ccccc34)cc2)CC1=O. The van der Waals surface area contributed by atoms with Crippen LogP contribution in [0.25, 0.3) is 21.2 Å². The van der Waals surface area contributed by atoms with Gasteiger partial charge in [0, 0.05) is 41.4 Å². The number of carbonyl (C=O) groups is 2. The summed E-state index contributed by atoms with van der Waals surface area (Å²) in [6.07, 6.45) is 0.293. The minimum absolute atomic E-state index is 0.0276. The smallest absolute Gasteiger partial charge is 0.229 e. The molecule has 1 saturated heterocycles. The average Bonchev–Trinajstić information content (AvgIpc) is 3.19. The van der Waals surface area contributed by atoms with Crippen LogP contribution < -0.4 is 5.32 Å². The number of nitrogens with one attached hydrogen (secondary N) is 1. The lowest BCUT2D eigenvalue weighted by atomic mass is 10.0. The lowest BCUT2D eigenvalue weighted by Crippen LogP contribution is -2.25. The predicted octanol–water partition coefficient (Wildman–Crippen LogP) is 3.99. The average molecular weight is 350 g/mol. The van der Waals surface area contributed by atoms with Crippen molar-refractivity contribution < 1.29 is 9.59 Å². The Hall–Kier alpha value is -2.66. The fourth-order valence-corrected chi connectivity index (χ4v) is 4.19. The first-order valence-corrected chi connectivity index (χ1v) is 9.11. The van der Waals surface area contributed by atoms with Crippen molar-refractivity contribution in [3.05, 3.63) is 53.9 Å². The van der Waals surface area contributed by atoms with Crippen LogP contribution in [-0.2, 0) is 9.59 Å². The molecule has 4 rings (SSSR count). The van der Waals surface area contributed by atoms with Crippen molar-refractivity contribution in [1.82, 2.24) is 4.90 Å². The van der Waals surface area contributed by atoms with Crippen LogP contribution in [0.2, 0.25) is 0 Å². The van der Waals surface area contributed by atoms with Crippen LogP contribution in [0, 0.1) is 5.92 Å². The van der Waals surface area contributed by atoms with Crippen LogP contribution >= 0.6 is 11.3 Å². The fourth-order valence-electron chi connectivity index (χ4n) is 3.22. The molecular weight excluding hydrogens is 332 g/mol. The Kier molecular flexibility index (Phi) is 4.01. The number of hydrogen-bond acceptors (Lipinski definition) is 3. The number of likely N-dealkylation sites (tertiary alicyclic amines) is 1. The van der Waals surface area contributed by atoms with Gasteiger partial charge in [0.2, 0.25) is 11.8 Å². The molecule has 0 radical (unpaired) electrons. The van der Waals surface area contributed by atoms with Gasteiger partial charge in [-0.2, -0.15) is 0 Å². The van der Waals surface area contributed by atoms with E-state index in [0.717, 1.165) is 11.3 Å². The summed E-state index contributed by atoms with van der Waals surface area (Å²) in [5, 5.41) is 6.33. The second-order valence-electron chi connectivity index (χ2n) is 6.39. The molecule has 1 fully saturated rings. The van der Waals surface area contributed by atoms with Crippen molar-refractivity contribution in [2.24, 2.45) is 5.92 Å². The van der Waals surface area contributed by atoms with Crippen LogP contribution in [0.4, 0.5) is 5.69 Å². The van der Waals surface area contributed by atoms with Gasteiger partial charge in [0.1, 0.15) is 0 Å². The summed E-state index contributed by atoms with van der Waals surface area (Å²) in [7, 11) is 1.73. The van der Waals surface area contributed by atoms with Gasteiger partial charge >= 0.3 is 0 Å². The van der Waals surface area contributed by atoms with E-state index < -0.39 is 0 Å². The second kappa shape index (κ2) is 6.33. The Balaban J connectivity index is 1.51. The van der Waals surface area contributed by atoms with E-state index in [0.29, 0.717) is 13.0 Å². The zero-order valence-corrected chi connectivity index (χ0v) is 14.7. The molecule has 0 bridgehead atoms. The van der Waals surface area contributed by atoms with Crippen LogP contribution in [0.5, 0.6) is 0 Å². The maximum Gasteiger partial charge on any atom is 0.229 e. The largest absolute Gasteiger partial charge is 0.345 e. The van der Waals surface area contributed by atoms with Gasteiger partial charge in [-0.1, -0.05) is 30.3 Å². The molecule has 1 N–H and O–H groups in total. The van der Waals surface area contributed by atoms with Gasteiger partial charge in [0.15, 0.2) is 0 Å². The first-order valence-electron chi connectivity index (χ1n) is 8.23. The van der Waals surface area contributed by atoms with E-state index in [1.54, 1.807) is 23.3 Å². The summed E-state index contributed by atoms with van der Waals surface area (Å²) in [6, 6.07) is 16.2. The van der Waals surface area contributed by atoms with E-state index in [-0.39, 0.29) is 17.7 Å². The highest BCUT2D eigenvalue weighted by molar-refractivity contribution is 7.17. The Labute approximate surface area is 150 Å². The van der Waals surface area contributed by atoms with Gasteiger partial charge in [-0.05, 0) is 29.1 Å². The minimum Gasteiger partial charge on any atom is -0.345 e. The number of fused-ring (bicyclic) bond motifs is 1. The number of carbonyl (C=O) groups excluding carboxylic acids is 2. The molecule has 1 aliphatic heterocycles. The highest BCUT2D eigenvalue weighted by atomic mass is 32.1. The van der Waals surface area contributed by atoms with Crippen LogP contribution in [0.15, 0.2) is 53.9 Å². The third-order valence-corrected chi connectivity index (χ3v) is 5.62. The molecule has 25 heavy (non-hydrogen) atoms. The monoisotopic (exact) mass is 350 g/mol. The molecule has 3 aromatic rings. The molecular formula is C20H18N2O2S. The number of amides is 2. The molecule has 0 saturated carbocycles. The van der Waals surface area contributed by atoms with Crippen molar-refractivity contribution in [1.29, 1.82) is 0 Å². The molecule has 0 spiro atoms. The molecule has 126 valence electrons. The van der Waals surface area contributed by atoms with E-state index >= 15 is 0 Å². The van der Waals surface area contributed by atoms with Crippen molar-refractivity contribution in [3.8, 4) is 11.1 Å². The third kappa shape index (κ3) is 3.03. The summed E-state index contributed by atoms with van der Waals surface area (Å²) in [4.78, 5) is 25.5. The van der Waals surface area contributed by atoms with Crippen LogP contribution in [0.1, 0.15) is 6.42 Å². The van der Waals surface area contributed by atoms with Gasteiger partial charge in [0.05, 0.1) is 5.92 Å². The molecule has 1 aromatic heterocycles. The van der Waals surface area contributed by atoms with Gasteiger partial charge in [-0.3, -0.25) is 9.59 Å². The summed E-state index contributed by atoms with van der Waals surface area (Å²) < 4.78 is 1.27. The van der Waals surface area contributed by atoms with E-state index in [2.05, 4.69) is 22.8 Å². The highest BCUT2D eigenvalue weighted by Gasteiger charge is 2.32. The van der Waals surface area contributed by atoms with E-state index in [4.69, 9.17) is 0 Å². The molecule has 5 heteroatoms. The van der Waals surface area contributed by atoms with Crippen molar-refractivity contribution in [2.75, 3.05) is 18.9 Å². The zero-order valence-electron chi connectivity index (χ0n) is 13.9. The first kappa shape index (κ1) is 15.8. The molecule has 1 unspecified atom stereocenters. The molecule has 2 amide bonds. The standard InChI is InChI=1S/C20H18N2O2S/c1-22-11-14(10-19(22)23)20(24)21-15-8-6-13(7-9-15)17-12-25-18-5-3-2-4-16(17)18/h2-9,12,14H,10-11H2,1H3,(H,21,24). The highest BCUT2D eigenvalue weighted by Crippen LogP contribution is 2.34. The van der Waals surface area contributed by atoms with Gasteiger partial charge in [-0.25, -0.2) is 0 Å². The quantitative estimate of drug-likeness (QED) is 0.777. The van der Waals surface area contributed by atoms with Gasteiger partial charge in [0.25, 0.3) is 0 Å². The maximum absolute atomic E-state index is 12.3. The number of thiophene rings is 1. The minimum atomic E-state index is -0.266. The molecule has 2 aromatic carbocycles. The summed E-state index contributed by atoms with van der Waals surface area (Å²) in [6.45, 7) is 0.490. The molecule has 1 aliphatic rings. The maximum atomic E-state index is 12.3. The zero-order chi connectivity index (χ0) is 17.4. The Morgan fingerprint density at radius 1 is 1.16 bits per heavy atom. The van der Waals surface area contributed by atoms with Gasteiger partial charge < -0.3 is 10.2 Å². The molecule has 4 nitrogen and oxygen atoms in total. The Morgan fingerprint density at radius 3 is 2.64 bits per heavy atom. The molecule has 0 aliphatic carbocycles. The number of rotatable bonds is 3. The number of nitrogens with zero attached hydrogens (tertiary/aromatic N) is 1. The van der Waals surface area contributed by atoms with E-state index in [9.17, 15) is 9.59 Å². The van der Waals surface area contributed by atoms with Gasteiger partial charge in [-0.15, -0.1) is 11.3 Å². The predicted molar refractivity (Wildman–Crippen MR) is 102 cm³/mol. The third-order valence-electron chi connectivity index (χ3n) is 4.66. The fraction of sp³-hybridized carbons (Fsp3) is 0.200. The number of anilines is 1. The number of hydrogen-bond donors (Lipinski definition) is 1. The molecule has 2 heterocycles. The topological polar surface area (TPSA) is 49.4 Å². The van der Waals surface area contributed by atoms with Crippen molar-refractivity contribution in [2.45, 2.75) is 6.42 Å². The van der Waals surface area contributed by atoms with Crippen LogP contribution in [-0.4, -0.2) is 30.3 Å². The lowest BCUT2D eigenvalue weighted by Gasteiger charge is -2.11. The first-order chi connectivity index (χ1) is 12.1. The van der Waals surface area contributed by atoms with Crippen molar-refractivity contribution >= 4 is 38.9 Å². The van der Waals surface area contributed by atoms with Crippen molar-refractivity contribution in [3.63, 3.8) is 0 Å². The van der Waals surface area contributed by atoms with Crippen LogP contribution in [0.3, 0.4) is 0 Å². The van der Waals surface area contributed by atoms with E-state index in [1.807, 2.05) is 36.4 Å². The number of benzene rings is 2. The molecule has 1 atom stereocenters. The van der Waals surface area contributed by atoms with E-state index in [1.165, 1.54) is 15.6 Å².